The van der Waals surface area contributed by atoms with Crippen molar-refractivity contribution in [2.24, 2.45) is 0 Å². The molecule has 0 aliphatic carbocycles. The van der Waals surface area contributed by atoms with Crippen LogP contribution in [0.2, 0.25) is 0 Å². The molecular weight excluding hydrogens is 328 g/mol. The first-order chi connectivity index (χ1) is 11.3. The third-order valence-electron chi connectivity index (χ3n) is 3.17. The highest BCUT2D eigenvalue weighted by Gasteiger charge is 2.09. The summed E-state index contributed by atoms with van der Waals surface area (Å²) in [6.45, 7) is 0. The smallest absolute Gasteiger partial charge is 0.183 e. The Morgan fingerprint density at radius 3 is 2.57 bits per heavy atom. The van der Waals surface area contributed by atoms with Gasteiger partial charge in [-0.25, -0.2) is 0 Å². The van der Waals surface area contributed by atoms with E-state index in [1.54, 1.807) is 7.11 Å². The lowest BCUT2D eigenvalue weighted by atomic mass is 10.1. The summed E-state index contributed by atoms with van der Waals surface area (Å²) < 4.78 is 5.14. The fourth-order valence-electron chi connectivity index (χ4n) is 1.96. The molecule has 1 aromatic carbocycles. The monoisotopic (exact) mass is 342 g/mol. The molecule has 0 amide bonds. The van der Waals surface area contributed by atoms with E-state index in [-0.39, 0.29) is 5.78 Å². The van der Waals surface area contributed by atoms with Gasteiger partial charge in [0.2, 0.25) is 0 Å². The fraction of sp³-hybridized carbons (Fsp3) is 0.118. The predicted molar refractivity (Wildman–Crippen MR) is 93.4 cm³/mol. The minimum absolute atomic E-state index is 0.117. The SMILES string of the molecule is COc1ccc(-c2ccc(SCC(=O)c3cccs3)nn2)cc1. The van der Waals surface area contributed by atoms with Crippen molar-refractivity contribution < 1.29 is 9.53 Å². The number of thioether (sulfide) groups is 1. The lowest BCUT2D eigenvalue weighted by molar-refractivity contribution is 0.102. The molecule has 6 heteroatoms. The summed E-state index contributed by atoms with van der Waals surface area (Å²) in [5.41, 5.74) is 1.77. The van der Waals surface area contributed by atoms with Gasteiger partial charge in [0.15, 0.2) is 5.78 Å². The van der Waals surface area contributed by atoms with Crippen molar-refractivity contribution in [1.29, 1.82) is 0 Å². The number of carbonyl (C=O) groups excluding carboxylic acids is 1. The Hall–Kier alpha value is -2.18. The Kier molecular flexibility index (Phi) is 5.05. The zero-order chi connectivity index (χ0) is 16.1. The maximum Gasteiger partial charge on any atom is 0.183 e. The largest absolute Gasteiger partial charge is 0.497 e. The molecule has 3 rings (SSSR count). The van der Waals surface area contributed by atoms with Crippen LogP contribution < -0.4 is 4.74 Å². The van der Waals surface area contributed by atoms with Crippen molar-refractivity contribution in [1.82, 2.24) is 10.2 Å². The molecule has 116 valence electrons. The van der Waals surface area contributed by atoms with Crippen LogP contribution in [0.15, 0.2) is 58.9 Å². The van der Waals surface area contributed by atoms with E-state index in [2.05, 4.69) is 10.2 Å². The van der Waals surface area contributed by atoms with Crippen LogP contribution >= 0.6 is 23.1 Å². The Morgan fingerprint density at radius 1 is 1.13 bits per heavy atom. The molecule has 0 radical (unpaired) electrons. The van der Waals surface area contributed by atoms with Gasteiger partial charge >= 0.3 is 0 Å². The fourth-order valence-corrected chi connectivity index (χ4v) is 3.41. The van der Waals surface area contributed by atoms with Crippen LogP contribution in [0.25, 0.3) is 11.3 Å². The first kappa shape index (κ1) is 15.7. The predicted octanol–water partition coefficient (Wildman–Crippen LogP) is 4.19. The zero-order valence-corrected chi connectivity index (χ0v) is 14.1. The molecule has 3 aromatic rings. The molecule has 0 aliphatic rings. The van der Waals surface area contributed by atoms with Crippen molar-refractivity contribution in [3.05, 3.63) is 58.8 Å². The van der Waals surface area contributed by atoms with Gasteiger partial charge in [-0.3, -0.25) is 4.79 Å². The highest BCUT2D eigenvalue weighted by Crippen LogP contribution is 2.23. The molecule has 0 saturated heterocycles. The third kappa shape index (κ3) is 3.97. The number of Topliss-reactive ketones (excluding diaryl/α,β-unsaturated/α-hetero) is 1. The van der Waals surface area contributed by atoms with Gasteiger partial charge in [0, 0.05) is 5.56 Å². The molecule has 23 heavy (non-hydrogen) atoms. The van der Waals surface area contributed by atoms with Gasteiger partial charge in [0.05, 0.1) is 23.4 Å². The van der Waals surface area contributed by atoms with Gasteiger partial charge in [-0.05, 0) is 47.8 Å². The van der Waals surface area contributed by atoms with Gasteiger partial charge in [-0.2, -0.15) is 0 Å². The second kappa shape index (κ2) is 7.39. The molecule has 4 nitrogen and oxygen atoms in total. The van der Waals surface area contributed by atoms with Crippen molar-refractivity contribution in [2.45, 2.75) is 5.03 Å². The van der Waals surface area contributed by atoms with E-state index in [0.29, 0.717) is 5.75 Å². The quantitative estimate of drug-likeness (QED) is 0.497. The summed E-state index contributed by atoms with van der Waals surface area (Å²) in [4.78, 5) is 12.7. The average molecular weight is 342 g/mol. The van der Waals surface area contributed by atoms with Crippen LogP contribution in [-0.2, 0) is 0 Å². The number of aromatic nitrogens is 2. The summed E-state index contributed by atoms with van der Waals surface area (Å²) in [7, 11) is 1.64. The van der Waals surface area contributed by atoms with E-state index in [1.807, 2.05) is 53.9 Å². The number of hydrogen-bond donors (Lipinski definition) is 0. The molecule has 0 bridgehead atoms. The summed E-state index contributed by atoms with van der Waals surface area (Å²) in [5.74, 6) is 1.30. The normalized spacial score (nSPS) is 10.5. The van der Waals surface area contributed by atoms with E-state index >= 15 is 0 Å². The van der Waals surface area contributed by atoms with E-state index in [0.717, 1.165) is 26.9 Å². The van der Waals surface area contributed by atoms with Crippen LogP contribution in [0.5, 0.6) is 5.75 Å². The molecular formula is C17H14N2O2S2. The maximum absolute atomic E-state index is 12.0. The topological polar surface area (TPSA) is 52.1 Å². The summed E-state index contributed by atoms with van der Waals surface area (Å²) in [6, 6.07) is 15.2. The molecule has 0 saturated carbocycles. The van der Waals surface area contributed by atoms with Crippen molar-refractivity contribution in [3.63, 3.8) is 0 Å². The lowest BCUT2D eigenvalue weighted by Crippen LogP contribution is -2.00. The minimum atomic E-state index is 0.117. The van der Waals surface area contributed by atoms with Crippen molar-refractivity contribution in [3.8, 4) is 17.0 Å². The second-order valence-electron chi connectivity index (χ2n) is 4.67. The van der Waals surface area contributed by atoms with E-state index < -0.39 is 0 Å². The number of carbonyl (C=O) groups is 1. The van der Waals surface area contributed by atoms with E-state index in [1.165, 1.54) is 23.1 Å². The van der Waals surface area contributed by atoms with Crippen LogP contribution in [0.4, 0.5) is 0 Å². The van der Waals surface area contributed by atoms with Gasteiger partial charge in [0.25, 0.3) is 0 Å². The van der Waals surface area contributed by atoms with Gasteiger partial charge < -0.3 is 4.74 Å². The Bertz CT molecular complexity index is 769. The second-order valence-corrected chi connectivity index (χ2v) is 6.62. The lowest BCUT2D eigenvalue weighted by Gasteiger charge is -2.03. The van der Waals surface area contributed by atoms with Gasteiger partial charge in [0.1, 0.15) is 10.8 Å². The number of ketones is 1. The average Bonchev–Trinajstić information content (AvgIpc) is 3.15. The van der Waals surface area contributed by atoms with Crippen molar-refractivity contribution in [2.75, 3.05) is 12.9 Å². The maximum atomic E-state index is 12.0. The van der Waals surface area contributed by atoms with Gasteiger partial charge in [-0.15, -0.1) is 21.5 Å². The number of ether oxygens (including phenoxy) is 1. The summed E-state index contributed by atoms with van der Waals surface area (Å²) >= 11 is 2.86. The number of rotatable bonds is 6. The zero-order valence-electron chi connectivity index (χ0n) is 12.4. The number of thiophene rings is 1. The Morgan fingerprint density at radius 2 is 1.96 bits per heavy atom. The molecule has 0 atom stereocenters. The first-order valence-corrected chi connectivity index (χ1v) is 8.80. The minimum Gasteiger partial charge on any atom is -0.497 e. The number of nitrogens with zero attached hydrogens (tertiary/aromatic N) is 2. The highest BCUT2D eigenvalue weighted by molar-refractivity contribution is 7.99. The molecule has 0 aliphatic heterocycles. The van der Waals surface area contributed by atoms with Gasteiger partial charge in [-0.1, -0.05) is 17.8 Å². The molecule has 0 fully saturated rings. The van der Waals surface area contributed by atoms with Crippen molar-refractivity contribution >= 4 is 28.9 Å². The number of methoxy groups -OCH3 is 1. The van der Waals surface area contributed by atoms with Crippen LogP contribution in [0.3, 0.4) is 0 Å². The summed E-state index contributed by atoms with van der Waals surface area (Å²) in [6.07, 6.45) is 0. The van der Waals surface area contributed by atoms with E-state index in [4.69, 9.17) is 4.74 Å². The highest BCUT2D eigenvalue weighted by atomic mass is 32.2. The molecule has 0 N–H and O–H groups in total. The standard InChI is InChI=1S/C17H14N2O2S2/c1-21-13-6-4-12(5-7-13)14-8-9-17(19-18-14)23-11-15(20)16-3-2-10-22-16/h2-10H,11H2,1H3. The molecule has 2 aromatic heterocycles. The summed E-state index contributed by atoms with van der Waals surface area (Å²) in [5, 5.41) is 11.1. The van der Waals surface area contributed by atoms with Crippen LogP contribution in [0.1, 0.15) is 9.67 Å². The first-order valence-electron chi connectivity index (χ1n) is 6.94. The van der Waals surface area contributed by atoms with E-state index in [9.17, 15) is 4.79 Å². The molecule has 0 spiro atoms. The molecule has 2 heterocycles. The number of hydrogen-bond acceptors (Lipinski definition) is 6. The van der Waals surface area contributed by atoms with Crippen LogP contribution in [-0.4, -0.2) is 28.8 Å². The van der Waals surface area contributed by atoms with Crippen LogP contribution in [0, 0.1) is 0 Å². The molecule has 0 unspecified atom stereocenters. The number of benzene rings is 1. The Labute approximate surface area is 142 Å². The third-order valence-corrected chi connectivity index (χ3v) is 5.00. The Balaban J connectivity index is 1.63.